The molecule has 1 aromatic carbocycles. The van der Waals surface area contributed by atoms with Crippen molar-refractivity contribution in [3.8, 4) is 0 Å². The van der Waals surface area contributed by atoms with Crippen LogP contribution in [0.2, 0.25) is 0 Å². The van der Waals surface area contributed by atoms with Gasteiger partial charge in [0.05, 0.1) is 4.92 Å². The number of rotatable bonds is 4. The van der Waals surface area contributed by atoms with Gasteiger partial charge in [-0.2, -0.15) is 0 Å². The van der Waals surface area contributed by atoms with Gasteiger partial charge in [0, 0.05) is 50.9 Å². The van der Waals surface area contributed by atoms with Gasteiger partial charge in [-0.1, -0.05) is 6.07 Å². The Hall–Kier alpha value is -3.49. The predicted molar refractivity (Wildman–Crippen MR) is 104 cm³/mol. The van der Waals surface area contributed by atoms with E-state index in [2.05, 4.69) is 10.3 Å². The second-order valence-corrected chi connectivity index (χ2v) is 6.63. The van der Waals surface area contributed by atoms with Crippen LogP contribution in [0.1, 0.15) is 22.8 Å². The van der Waals surface area contributed by atoms with E-state index in [9.17, 15) is 19.7 Å². The Labute approximate surface area is 162 Å². The summed E-state index contributed by atoms with van der Waals surface area (Å²) in [6, 6.07) is 7.90. The molecule has 0 saturated carbocycles. The third kappa shape index (κ3) is 4.25. The molecule has 0 radical (unpaired) electrons. The molecule has 3 rings (SSSR count). The van der Waals surface area contributed by atoms with E-state index in [-0.39, 0.29) is 17.2 Å². The summed E-state index contributed by atoms with van der Waals surface area (Å²) in [7, 11) is 0. The molecule has 9 heteroatoms. The van der Waals surface area contributed by atoms with Crippen LogP contribution >= 0.6 is 0 Å². The Morgan fingerprint density at radius 3 is 2.43 bits per heavy atom. The Kier molecular flexibility index (Phi) is 5.53. The molecule has 1 aliphatic rings. The topological polar surface area (TPSA) is 109 Å². The highest BCUT2D eigenvalue weighted by Crippen LogP contribution is 2.30. The quantitative estimate of drug-likeness (QED) is 0.640. The highest BCUT2D eigenvalue weighted by molar-refractivity contribution is 6.04. The van der Waals surface area contributed by atoms with Gasteiger partial charge >= 0.3 is 0 Å². The molecule has 2 aromatic rings. The van der Waals surface area contributed by atoms with Crippen molar-refractivity contribution in [1.29, 1.82) is 0 Å². The number of nitrogens with one attached hydrogen (secondary N) is 1. The van der Waals surface area contributed by atoms with Gasteiger partial charge in [-0.25, -0.2) is 4.98 Å². The van der Waals surface area contributed by atoms with E-state index in [1.54, 1.807) is 29.3 Å². The van der Waals surface area contributed by atoms with Crippen molar-refractivity contribution >= 4 is 29.0 Å². The summed E-state index contributed by atoms with van der Waals surface area (Å²) in [5.74, 6) is -0.0963. The lowest BCUT2D eigenvalue weighted by molar-refractivity contribution is -0.384. The summed E-state index contributed by atoms with van der Waals surface area (Å²) in [6.07, 6.45) is 1.63. The number of aryl methyl sites for hydroxylation is 1. The molecule has 0 aliphatic carbocycles. The molecule has 0 unspecified atom stereocenters. The Bertz CT molecular complexity index is 905. The van der Waals surface area contributed by atoms with E-state index in [1.165, 1.54) is 13.0 Å². The lowest BCUT2D eigenvalue weighted by Crippen LogP contribution is -2.48. The fourth-order valence-electron chi connectivity index (χ4n) is 3.07. The fraction of sp³-hybridized carbons (Fsp3) is 0.316. The Balaban J connectivity index is 1.79. The number of hydrogen-bond acceptors (Lipinski definition) is 6. The number of aromatic nitrogens is 1. The minimum atomic E-state index is -0.492. The van der Waals surface area contributed by atoms with Crippen molar-refractivity contribution in [2.75, 3.05) is 36.4 Å². The van der Waals surface area contributed by atoms with Gasteiger partial charge in [0.2, 0.25) is 5.91 Å². The van der Waals surface area contributed by atoms with Crippen LogP contribution in [-0.2, 0) is 4.79 Å². The number of carbonyl (C=O) groups is 2. The van der Waals surface area contributed by atoms with Crippen molar-refractivity contribution in [1.82, 2.24) is 9.88 Å². The number of carbonyl (C=O) groups excluding carboxylic acids is 2. The molecule has 1 aromatic heterocycles. The van der Waals surface area contributed by atoms with E-state index in [0.717, 1.165) is 5.56 Å². The number of nitrogens with zero attached hydrogens (tertiary/aromatic N) is 4. The molecule has 2 heterocycles. The molecule has 0 spiro atoms. The lowest BCUT2D eigenvalue weighted by atomic mass is 10.1. The summed E-state index contributed by atoms with van der Waals surface area (Å²) in [6.45, 7) is 5.41. The maximum absolute atomic E-state index is 12.4. The Morgan fingerprint density at radius 1 is 1.14 bits per heavy atom. The van der Waals surface area contributed by atoms with Crippen LogP contribution in [0.5, 0.6) is 0 Å². The highest BCUT2D eigenvalue weighted by Gasteiger charge is 2.26. The van der Waals surface area contributed by atoms with Gasteiger partial charge in [0.15, 0.2) is 0 Å². The van der Waals surface area contributed by atoms with Gasteiger partial charge in [0.25, 0.3) is 11.6 Å². The van der Waals surface area contributed by atoms with Crippen molar-refractivity contribution in [3.63, 3.8) is 0 Å². The van der Waals surface area contributed by atoms with Crippen LogP contribution in [0.25, 0.3) is 0 Å². The van der Waals surface area contributed by atoms with Gasteiger partial charge in [0.1, 0.15) is 11.5 Å². The number of benzene rings is 1. The molecule has 1 aliphatic heterocycles. The molecule has 9 nitrogen and oxygen atoms in total. The molecule has 1 fully saturated rings. The molecule has 146 valence electrons. The predicted octanol–water partition coefficient (Wildman–Crippen LogP) is 2.22. The summed E-state index contributed by atoms with van der Waals surface area (Å²) >= 11 is 0. The monoisotopic (exact) mass is 383 g/mol. The highest BCUT2D eigenvalue weighted by atomic mass is 16.6. The zero-order valence-corrected chi connectivity index (χ0v) is 15.7. The van der Waals surface area contributed by atoms with Crippen LogP contribution < -0.4 is 10.2 Å². The number of anilines is 2. The second-order valence-electron chi connectivity index (χ2n) is 6.63. The minimum Gasteiger partial charge on any atom is -0.362 e. The first-order valence-electron chi connectivity index (χ1n) is 8.88. The largest absolute Gasteiger partial charge is 0.362 e. The number of nitro groups is 1. The molecular formula is C19H21N5O4. The standard InChI is InChI=1S/C19H21N5O4/c1-13-3-6-18(20-12-13)21-19(26)15-4-5-16(17(11-15)24(27)28)23-9-7-22(8-10-23)14(2)25/h3-6,11-12H,7-10H2,1-2H3,(H,20,21,26). The second kappa shape index (κ2) is 8.03. The molecular weight excluding hydrogens is 362 g/mol. The zero-order valence-electron chi connectivity index (χ0n) is 15.7. The number of nitro benzene ring substituents is 1. The van der Waals surface area contributed by atoms with Crippen molar-refractivity contribution in [2.45, 2.75) is 13.8 Å². The average molecular weight is 383 g/mol. The third-order valence-corrected chi connectivity index (χ3v) is 4.65. The normalized spacial score (nSPS) is 13.9. The van der Waals surface area contributed by atoms with Crippen molar-refractivity contribution in [3.05, 3.63) is 57.8 Å². The molecule has 1 saturated heterocycles. The van der Waals surface area contributed by atoms with Gasteiger partial charge in [-0.05, 0) is 30.7 Å². The van der Waals surface area contributed by atoms with Gasteiger partial charge in [-0.15, -0.1) is 0 Å². The number of hydrogen-bond donors (Lipinski definition) is 1. The van der Waals surface area contributed by atoms with E-state index < -0.39 is 10.8 Å². The summed E-state index contributed by atoms with van der Waals surface area (Å²) < 4.78 is 0. The molecule has 0 bridgehead atoms. The Morgan fingerprint density at radius 2 is 1.86 bits per heavy atom. The van der Waals surface area contributed by atoms with Crippen LogP contribution in [-0.4, -0.2) is 52.8 Å². The maximum Gasteiger partial charge on any atom is 0.293 e. The number of pyridine rings is 1. The molecule has 2 amide bonds. The van der Waals surface area contributed by atoms with Gasteiger partial charge in [-0.3, -0.25) is 19.7 Å². The fourth-order valence-corrected chi connectivity index (χ4v) is 3.07. The van der Waals surface area contributed by atoms with Crippen LogP contribution in [0, 0.1) is 17.0 Å². The van der Waals surface area contributed by atoms with E-state index in [0.29, 0.717) is 37.7 Å². The van der Waals surface area contributed by atoms with E-state index >= 15 is 0 Å². The van der Waals surface area contributed by atoms with E-state index in [1.807, 2.05) is 17.9 Å². The lowest BCUT2D eigenvalue weighted by Gasteiger charge is -2.35. The number of piperazine rings is 1. The first-order valence-corrected chi connectivity index (χ1v) is 8.88. The summed E-state index contributed by atoms with van der Waals surface area (Å²) in [5.41, 5.74) is 1.45. The minimum absolute atomic E-state index is 0.00844. The molecule has 1 N–H and O–H groups in total. The van der Waals surface area contributed by atoms with Crippen molar-refractivity contribution in [2.24, 2.45) is 0 Å². The van der Waals surface area contributed by atoms with Crippen LogP contribution in [0.3, 0.4) is 0 Å². The number of amides is 2. The summed E-state index contributed by atoms with van der Waals surface area (Å²) in [5, 5.41) is 14.2. The smallest absolute Gasteiger partial charge is 0.293 e. The van der Waals surface area contributed by atoms with E-state index in [4.69, 9.17) is 0 Å². The SMILES string of the molecule is CC(=O)N1CCN(c2ccc(C(=O)Nc3ccc(C)cn3)cc2[N+](=O)[O-])CC1. The summed E-state index contributed by atoms with van der Waals surface area (Å²) in [4.78, 5) is 42.7. The van der Waals surface area contributed by atoms with Crippen LogP contribution in [0.4, 0.5) is 17.2 Å². The first kappa shape index (κ1) is 19.3. The average Bonchev–Trinajstić information content (AvgIpc) is 2.69. The zero-order chi connectivity index (χ0) is 20.3. The molecule has 28 heavy (non-hydrogen) atoms. The van der Waals surface area contributed by atoms with Crippen LogP contribution in [0.15, 0.2) is 36.5 Å². The van der Waals surface area contributed by atoms with Gasteiger partial charge < -0.3 is 15.1 Å². The first-order chi connectivity index (χ1) is 13.3. The maximum atomic E-state index is 12.4. The van der Waals surface area contributed by atoms with Crippen molar-refractivity contribution < 1.29 is 14.5 Å². The molecule has 0 atom stereocenters. The third-order valence-electron chi connectivity index (χ3n) is 4.65.